The van der Waals surface area contributed by atoms with E-state index in [0.717, 1.165) is 6.42 Å². The molecular weight excluding hydrogens is 224 g/mol. The van der Waals surface area contributed by atoms with Gasteiger partial charge in [-0.25, -0.2) is 0 Å². The Labute approximate surface area is 97.9 Å². The highest BCUT2D eigenvalue weighted by atomic mass is 28.4. The van der Waals surface area contributed by atoms with Crippen LogP contribution in [0.2, 0.25) is 0 Å². The lowest BCUT2D eigenvalue weighted by atomic mass is 9.90. The second-order valence-corrected chi connectivity index (χ2v) is 7.13. The second-order valence-electron chi connectivity index (χ2n) is 4.36. The maximum absolute atomic E-state index is 5.50. The smallest absolute Gasteiger partial charge is 0.374 e. The molecule has 2 aliphatic rings. The number of ether oxygens (including phenoxy) is 1. The van der Waals surface area contributed by atoms with Crippen LogP contribution in [0.15, 0.2) is 11.8 Å². The Balaban J connectivity index is 1.90. The SMILES string of the molecule is CO[Si](/C=C/C1CCC2OC2C1)(OC)OC. The molecule has 2 fully saturated rings. The van der Waals surface area contributed by atoms with Gasteiger partial charge in [-0.2, -0.15) is 0 Å². The average Bonchev–Trinajstić information content (AvgIpc) is 3.10. The standard InChI is InChI=1S/C11H20O4Si/c1-12-16(13-2,14-3)7-6-9-4-5-10-11(8-9)15-10/h6-7,9-11H,4-5,8H2,1-3H3/b7-6+. The zero-order chi connectivity index (χ0) is 11.6. The Kier molecular flexibility index (Phi) is 3.81. The van der Waals surface area contributed by atoms with Crippen LogP contribution in [0.5, 0.6) is 0 Å². The maximum Gasteiger partial charge on any atom is 0.528 e. The minimum atomic E-state index is -2.53. The summed E-state index contributed by atoms with van der Waals surface area (Å²) in [5, 5.41) is 0. The fourth-order valence-electron chi connectivity index (χ4n) is 2.32. The van der Waals surface area contributed by atoms with Crippen LogP contribution in [0.3, 0.4) is 0 Å². The molecule has 16 heavy (non-hydrogen) atoms. The van der Waals surface area contributed by atoms with Gasteiger partial charge in [0.25, 0.3) is 0 Å². The summed E-state index contributed by atoms with van der Waals surface area (Å²) in [5.74, 6) is 0.580. The summed E-state index contributed by atoms with van der Waals surface area (Å²) in [6.45, 7) is 0. The van der Waals surface area contributed by atoms with E-state index in [4.69, 9.17) is 18.0 Å². The fraction of sp³-hybridized carbons (Fsp3) is 0.818. The molecule has 2 rings (SSSR count). The molecule has 5 heteroatoms. The van der Waals surface area contributed by atoms with Crippen LogP contribution in [0, 0.1) is 5.92 Å². The molecule has 4 nitrogen and oxygen atoms in total. The summed E-state index contributed by atoms with van der Waals surface area (Å²) in [5.41, 5.74) is 1.99. The van der Waals surface area contributed by atoms with Crippen molar-refractivity contribution < 1.29 is 18.0 Å². The van der Waals surface area contributed by atoms with E-state index in [-0.39, 0.29) is 0 Å². The third-order valence-corrected chi connectivity index (χ3v) is 5.78. The predicted octanol–water partition coefficient (Wildman–Crippen LogP) is 1.53. The van der Waals surface area contributed by atoms with E-state index in [0.29, 0.717) is 18.1 Å². The van der Waals surface area contributed by atoms with Crippen molar-refractivity contribution in [3.05, 3.63) is 11.8 Å². The molecule has 3 unspecified atom stereocenters. The number of epoxide rings is 1. The van der Waals surface area contributed by atoms with Crippen LogP contribution in [-0.4, -0.2) is 42.3 Å². The maximum atomic E-state index is 5.50. The first kappa shape index (κ1) is 12.3. The largest absolute Gasteiger partial charge is 0.528 e. The third kappa shape index (κ3) is 2.54. The topological polar surface area (TPSA) is 40.2 Å². The first-order chi connectivity index (χ1) is 7.73. The van der Waals surface area contributed by atoms with Crippen LogP contribution < -0.4 is 0 Å². The number of hydrogen-bond acceptors (Lipinski definition) is 4. The lowest BCUT2D eigenvalue weighted by Crippen LogP contribution is -2.41. The van der Waals surface area contributed by atoms with Crippen molar-refractivity contribution in [3.63, 3.8) is 0 Å². The van der Waals surface area contributed by atoms with Gasteiger partial charge in [0.05, 0.1) is 12.2 Å². The molecule has 1 aliphatic carbocycles. The molecule has 92 valence electrons. The zero-order valence-electron chi connectivity index (χ0n) is 10.1. The molecule has 0 aromatic carbocycles. The molecule has 3 atom stereocenters. The Hall–Kier alpha value is -0.203. The van der Waals surface area contributed by atoms with E-state index in [1.54, 1.807) is 21.3 Å². The van der Waals surface area contributed by atoms with E-state index >= 15 is 0 Å². The van der Waals surface area contributed by atoms with Gasteiger partial charge in [-0.15, -0.1) is 0 Å². The van der Waals surface area contributed by atoms with E-state index < -0.39 is 8.80 Å². The number of rotatable bonds is 5. The Bertz CT molecular complexity index is 256. The molecule has 1 aliphatic heterocycles. The second kappa shape index (κ2) is 4.97. The predicted molar refractivity (Wildman–Crippen MR) is 61.9 cm³/mol. The molecule has 0 spiro atoms. The normalized spacial score (nSPS) is 34.1. The summed E-state index contributed by atoms with van der Waals surface area (Å²) in [6, 6.07) is 0. The van der Waals surface area contributed by atoms with Crippen molar-refractivity contribution in [3.8, 4) is 0 Å². The molecule has 1 heterocycles. The quantitative estimate of drug-likeness (QED) is 0.543. The Morgan fingerprint density at radius 1 is 1.06 bits per heavy atom. The average molecular weight is 244 g/mol. The van der Waals surface area contributed by atoms with Gasteiger partial charge in [-0.1, -0.05) is 6.08 Å². The van der Waals surface area contributed by atoms with Crippen LogP contribution in [0.4, 0.5) is 0 Å². The molecular formula is C11H20O4Si. The van der Waals surface area contributed by atoms with Gasteiger partial charge in [0.15, 0.2) is 0 Å². The molecule has 0 aromatic heterocycles. The van der Waals surface area contributed by atoms with E-state index in [9.17, 15) is 0 Å². The summed E-state index contributed by atoms with van der Waals surface area (Å²) in [6.07, 6.45) is 6.75. The highest BCUT2D eigenvalue weighted by Gasteiger charge is 2.43. The van der Waals surface area contributed by atoms with Crippen molar-refractivity contribution in [1.82, 2.24) is 0 Å². The van der Waals surface area contributed by atoms with E-state index in [1.807, 2.05) is 5.70 Å². The Morgan fingerprint density at radius 3 is 2.31 bits per heavy atom. The van der Waals surface area contributed by atoms with Crippen molar-refractivity contribution >= 4 is 8.80 Å². The van der Waals surface area contributed by atoms with E-state index in [2.05, 4.69) is 6.08 Å². The fourth-order valence-corrected chi connectivity index (χ4v) is 3.73. The van der Waals surface area contributed by atoms with Crippen LogP contribution >= 0.6 is 0 Å². The highest BCUT2D eigenvalue weighted by Crippen LogP contribution is 2.39. The zero-order valence-corrected chi connectivity index (χ0v) is 11.1. The lowest BCUT2D eigenvalue weighted by molar-refractivity contribution is 0.138. The highest BCUT2D eigenvalue weighted by molar-refractivity contribution is 6.66. The van der Waals surface area contributed by atoms with Gasteiger partial charge in [-0.05, 0) is 30.9 Å². The van der Waals surface area contributed by atoms with Gasteiger partial charge in [0.2, 0.25) is 0 Å². The van der Waals surface area contributed by atoms with Crippen LogP contribution in [0.25, 0.3) is 0 Å². The van der Waals surface area contributed by atoms with Crippen molar-refractivity contribution in [1.29, 1.82) is 0 Å². The molecule has 0 amide bonds. The third-order valence-electron chi connectivity index (χ3n) is 3.47. The molecule has 0 radical (unpaired) electrons. The number of allylic oxidation sites excluding steroid dienone is 1. The molecule has 1 saturated heterocycles. The minimum Gasteiger partial charge on any atom is -0.374 e. The first-order valence-corrected chi connectivity index (χ1v) is 7.53. The van der Waals surface area contributed by atoms with Crippen LogP contribution in [-0.2, 0) is 18.0 Å². The van der Waals surface area contributed by atoms with Crippen molar-refractivity contribution in [2.75, 3.05) is 21.3 Å². The van der Waals surface area contributed by atoms with Crippen molar-refractivity contribution in [2.45, 2.75) is 31.5 Å². The first-order valence-electron chi connectivity index (χ1n) is 5.73. The van der Waals surface area contributed by atoms with Gasteiger partial charge < -0.3 is 18.0 Å². The Morgan fingerprint density at radius 2 is 1.75 bits per heavy atom. The molecule has 0 bridgehead atoms. The van der Waals surface area contributed by atoms with Gasteiger partial charge in [0.1, 0.15) is 0 Å². The van der Waals surface area contributed by atoms with Gasteiger partial charge >= 0.3 is 8.80 Å². The number of fused-ring (bicyclic) bond motifs is 1. The van der Waals surface area contributed by atoms with Crippen molar-refractivity contribution in [2.24, 2.45) is 5.92 Å². The van der Waals surface area contributed by atoms with Gasteiger partial charge in [0, 0.05) is 21.3 Å². The summed E-state index contributed by atoms with van der Waals surface area (Å²) in [7, 11) is 2.36. The van der Waals surface area contributed by atoms with Gasteiger partial charge in [-0.3, -0.25) is 0 Å². The molecule has 1 saturated carbocycles. The monoisotopic (exact) mass is 244 g/mol. The summed E-state index contributed by atoms with van der Waals surface area (Å²) in [4.78, 5) is 0. The molecule has 0 N–H and O–H groups in total. The lowest BCUT2D eigenvalue weighted by Gasteiger charge is -2.22. The summed E-state index contributed by atoms with van der Waals surface area (Å²) >= 11 is 0. The number of hydrogen-bond donors (Lipinski definition) is 0. The minimum absolute atomic E-state index is 0.507. The van der Waals surface area contributed by atoms with E-state index in [1.165, 1.54) is 12.8 Å². The van der Waals surface area contributed by atoms with Crippen LogP contribution in [0.1, 0.15) is 19.3 Å². The molecule has 0 aromatic rings. The summed E-state index contributed by atoms with van der Waals surface area (Å²) < 4.78 is 21.5.